The Hall–Kier alpha value is -2.44. The summed E-state index contributed by atoms with van der Waals surface area (Å²) in [5, 5.41) is 3.71. The minimum Gasteiger partial charge on any atom is -0.379 e. The highest BCUT2D eigenvalue weighted by Gasteiger charge is 2.60. The van der Waals surface area contributed by atoms with Gasteiger partial charge in [-0.05, 0) is 36.8 Å². The Morgan fingerprint density at radius 3 is 2.79 bits per heavy atom. The Balaban J connectivity index is 1.38. The number of carbonyl (C=O) groups excluding carboxylic acids is 2. The summed E-state index contributed by atoms with van der Waals surface area (Å²) in [5.41, 5.74) is -0.559. The summed E-state index contributed by atoms with van der Waals surface area (Å²) in [5.74, 6) is -0.127. The van der Waals surface area contributed by atoms with E-state index < -0.39 is 17.2 Å². The summed E-state index contributed by atoms with van der Waals surface area (Å²) in [4.78, 5) is 36.1. The number of carbonyl (C=O) groups is 2. The van der Waals surface area contributed by atoms with Crippen LogP contribution in [-0.2, 0) is 33.4 Å². The van der Waals surface area contributed by atoms with Gasteiger partial charge >= 0.3 is 12.2 Å². The number of nitrogens with zero attached hydrogens (tertiary/aromatic N) is 4. The minimum atomic E-state index is -4.49. The third-order valence-corrected chi connectivity index (χ3v) is 8.66. The van der Waals surface area contributed by atoms with E-state index in [-0.39, 0.29) is 42.6 Å². The number of rotatable bonds is 4. The molecule has 1 N–H and O–H groups in total. The lowest BCUT2D eigenvalue weighted by atomic mass is 9.78. The number of pyridine rings is 1. The van der Waals surface area contributed by atoms with Crippen molar-refractivity contribution in [1.29, 1.82) is 0 Å². The van der Waals surface area contributed by atoms with Crippen molar-refractivity contribution in [1.82, 2.24) is 25.0 Å². The van der Waals surface area contributed by atoms with Crippen molar-refractivity contribution in [3.8, 4) is 0 Å². The van der Waals surface area contributed by atoms with Crippen molar-refractivity contribution in [2.75, 3.05) is 54.1 Å². The van der Waals surface area contributed by atoms with Gasteiger partial charge in [0.25, 0.3) is 0 Å². The first kappa shape index (κ1) is 27.1. The minimum absolute atomic E-state index is 0.0433. The number of hydrogen-bond donors (Lipinski definition) is 1. The lowest BCUT2D eigenvalue weighted by molar-refractivity contribution is -0.143. The zero-order valence-electron chi connectivity index (χ0n) is 22.1. The lowest BCUT2D eigenvalue weighted by Crippen LogP contribution is -2.52. The van der Waals surface area contributed by atoms with Crippen LogP contribution >= 0.6 is 0 Å². The van der Waals surface area contributed by atoms with Gasteiger partial charge < -0.3 is 29.5 Å². The van der Waals surface area contributed by atoms with Crippen LogP contribution in [-0.4, -0.2) is 104 Å². The maximum Gasteiger partial charge on any atom is 0.417 e. The van der Waals surface area contributed by atoms with Crippen molar-refractivity contribution in [2.24, 2.45) is 11.3 Å². The van der Waals surface area contributed by atoms with Gasteiger partial charge in [-0.1, -0.05) is 0 Å². The second-order valence-corrected chi connectivity index (χ2v) is 11.3. The standard InChI is InChI=1S/C26H36F3N5O4/c1-32(2)24(36)34-13-18-9-19(31-21-5-7-38-14-22(21)37-3)10-25(18,15-34)23(35)33-6-4-20-16(12-33)8-17(11-30-20)26(27,28)29/h8,11,18-19,21-22,31H,4-7,9-10,12-15H2,1-3H3/t18-,19+,21?,22?,25-/m0/s1. The average molecular weight is 540 g/mol. The third kappa shape index (κ3) is 4.98. The smallest absolute Gasteiger partial charge is 0.379 e. The molecule has 3 fully saturated rings. The molecule has 1 aromatic rings. The van der Waals surface area contributed by atoms with Crippen molar-refractivity contribution in [2.45, 2.75) is 56.6 Å². The van der Waals surface area contributed by atoms with Gasteiger partial charge in [-0.25, -0.2) is 4.79 Å². The summed E-state index contributed by atoms with van der Waals surface area (Å²) in [6.07, 6.45) is -1.19. The second-order valence-electron chi connectivity index (χ2n) is 11.3. The SMILES string of the molecule is COC1COCCC1N[C@@H]1C[C@H]2CN(C(=O)N(C)C)C[C@@]2(C(=O)N2CCc3ncc(C(F)(F)F)cc3C2)C1. The molecule has 0 bridgehead atoms. The first-order valence-electron chi connectivity index (χ1n) is 13.2. The topological polar surface area (TPSA) is 87.2 Å². The monoisotopic (exact) mass is 539 g/mol. The number of nitrogens with one attached hydrogen (secondary N) is 1. The summed E-state index contributed by atoms with van der Waals surface area (Å²) in [6, 6.07) is 1.15. The van der Waals surface area contributed by atoms with Crippen molar-refractivity contribution >= 4 is 11.9 Å². The lowest BCUT2D eigenvalue weighted by Gasteiger charge is -2.38. The van der Waals surface area contributed by atoms with Crippen LogP contribution in [0.2, 0.25) is 0 Å². The number of amides is 3. The summed E-state index contributed by atoms with van der Waals surface area (Å²) >= 11 is 0. The van der Waals surface area contributed by atoms with E-state index in [0.717, 1.165) is 25.1 Å². The molecule has 3 aliphatic heterocycles. The van der Waals surface area contributed by atoms with Crippen molar-refractivity contribution in [3.63, 3.8) is 0 Å². The van der Waals surface area contributed by atoms with E-state index >= 15 is 0 Å². The predicted molar refractivity (Wildman–Crippen MR) is 131 cm³/mol. The van der Waals surface area contributed by atoms with Crippen LogP contribution in [0.3, 0.4) is 0 Å². The van der Waals surface area contributed by atoms with Gasteiger partial charge in [0, 0.05) is 84.4 Å². The Labute approximate surface area is 220 Å². The highest BCUT2D eigenvalue weighted by Crippen LogP contribution is 2.51. The van der Waals surface area contributed by atoms with Crippen molar-refractivity contribution < 1.29 is 32.2 Å². The fourth-order valence-corrected chi connectivity index (χ4v) is 6.76. The molecule has 2 unspecified atom stereocenters. The maximum absolute atomic E-state index is 14.3. The fourth-order valence-electron chi connectivity index (χ4n) is 6.76. The Morgan fingerprint density at radius 1 is 1.29 bits per heavy atom. The first-order chi connectivity index (χ1) is 18.0. The largest absolute Gasteiger partial charge is 0.417 e. The number of ether oxygens (including phenoxy) is 2. The first-order valence-corrected chi connectivity index (χ1v) is 13.2. The highest BCUT2D eigenvalue weighted by atomic mass is 19.4. The molecule has 4 aliphatic rings. The molecule has 12 heteroatoms. The van der Waals surface area contributed by atoms with Crippen LogP contribution in [0.5, 0.6) is 0 Å². The molecule has 3 amide bonds. The zero-order chi connectivity index (χ0) is 27.2. The molecule has 0 aromatic carbocycles. The van der Waals surface area contributed by atoms with Crippen LogP contribution in [0.15, 0.2) is 12.3 Å². The number of halogens is 3. The fraction of sp³-hybridized carbons (Fsp3) is 0.731. The number of alkyl halides is 3. The average Bonchev–Trinajstić information content (AvgIpc) is 3.41. The van der Waals surface area contributed by atoms with E-state index in [0.29, 0.717) is 56.9 Å². The van der Waals surface area contributed by atoms with E-state index in [4.69, 9.17) is 9.47 Å². The van der Waals surface area contributed by atoms with Gasteiger partial charge in [-0.2, -0.15) is 13.2 Å². The highest BCUT2D eigenvalue weighted by molar-refractivity contribution is 5.86. The maximum atomic E-state index is 14.3. The van der Waals surface area contributed by atoms with Gasteiger partial charge in [-0.15, -0.1) is 0 Å². The number of likely N-dealkylation sites (tertiary alicyclic amines) is 1. The molecule has 5 atom stereocenters. The van der Waals surface area contributed by atoms with E-state index in [1.165, 1.54) is 4.90 Å². The van der Waals surface area contributed by atoms with E-state index in [1.54, 1.807) is 31.0 Å². The van der Waals surface area contributed by atoms with Crippen LogP contribution in [0.1, 0.15) is 36.1 Å². The second kappa shape index (κ2) is 10.3. The Kier molecular flexibility index (Phi) is 7.34. The molecule has 38 heavy (non-hydrogen) atoms. The molecular formula is C26H36F3N5O4. The van der Waals surface area contributed by atoms with E-state index in [9.17, 15) is 22.8 Å². The molecule has 5 rings (SSSR count). The Bertz CT molecular complexity index is 1070. The summed E-state index contributed by atoms with van der Waals surface area (Å²) < 4.78 is 51.1. The number of urea groups is 1. The van der Waals surface area contributed by atoms with E-state index in [2.05, 4.69) is 10.3 Å². The van der Waals surface area contributed by atoms with E-state index in [1.807, 2.05) is 0 Å². The molecule has 9 nitrogen and oxygen atoms in total. The normalized spacial score (nSPS) is 31.2. The Morgan fingerprint density at radius 2 is 2.08 bits per heavy atom. The molecule has 0 spiro atoms. The molecular weight excluding hydrogens is 503 g/mol. The third-order valence-electron chi connectivity index (χ3n) is 8.66. The number of hydrogen-bond acceptors (Lipinski definition) is 6. The number of fused-ring (bicyclic) bond motifs is 2. The van der Waals surface area contributed by atoms with Crippen LogP contribution in [0, 0.1) is 11.3 Å². The summed E-state index contributed by atoms with van der Waals surface area (Å²) in [7, 11) is 5.05. The molecule has 4 heterocycles. The van der Waals surface area contributed by atoms with Crippen molar-refractivity contribution in [3.05, 3.63) is 29.1 Å². The van der Waals surface area contributed by atoms with Gasteiger partial charge in [-0.3, -0.25) is 9.78 Å². The molecule has 0 radical (unpaired) electrons. The molecule has 1 aromatic heterocycles. The van der Waals surface area contributed by atoms with Crippen LogP contribution in [0.4, 0.5) is 18.0 Å². The zero-order valence-corrected chi connectivity index (χ0v) is 22.1. The van der Waals surface area contributed by atoms with Gasteiger partial charge in [0.2, 0.25) is 5.91 Å². The summed E-state index contributed by atoms with van der Waals surface area (Å²) in [6.45, 7) is 2.42. The molecule has 1 aliphatic carbocycles. The quantitative estimate of drug-likeness (QED) is 0.631. The number of aromatic nitrogens is 1. The van der Waals surface area contributed by atoms with Crippen LogP contribution < -0.4 is 5.32 Å². The molecule has 2 saturated heterocycles. The van der Waals surface area contributed by atoms with Gasteiger partial charge in [0.05, 0.1) is 23.7 Å². The van der Waals surface area contributed by atoms with Gasteiger partial charge in [0.15, 0.2) is 0 Å². The van der Waals surface area contributed by atoms with Crippen LogP contribution in [0.25, 0.3) is 0 Å². The predicted octanol–water partition coefficient (Wildman–Crippen LogP) is 2.14. The number of methoxy groups -OCH3 is 1. The van der Waals surface area contributed by atoms with Gasteiger partial charge in [0.1, 0.15) is 0 Å². The molecule has 1 saturated carbocycles. The molecule has 210 valence electrons.